The molecule has 7 nitrogen and oxygen atoms in total. The molecule has 4 rings (SSSR count). The second kappa shape index (κ2) is 5.26. The quantitative estimate of drug-likeness (QED) is 0.685. The average Bonchev–Trinajstić information content (AvgIpc) is 2.82. The molecule has 0 aromatic heterocycles. The normalized spacial score (nSPS) is 22.2. The molecule has 1 aromatic rings. The van der Waals surface area contributed by atoms with Gasteiger partial charge in [-0.05, 0) is 37.3 Å². The fourth-order valence-corrected chi connectivity index (χ4v) is 3.43. The SMILES string of the molecule is N=C1C(=Nc2c(N)ccc3c2NCCC3)C(=O)N2CCCCN12. The summed E-state index contributed by atoms with van der Waals surface area (Å²) in [5.41, 5.74) is 9.50. The van der Waals surface area contributed by atoms with E-state index < -0.39 is 0 Å². The van der Waals surface area contributed by atoms with E-state index in [1.165, 1.54) is 5.56 Å². The van der Waals surface area contributed by atoms with E-state index in [1.807, 2.05) is 12.1 Å². The predicted molar refractivity (Wildman–Crippen MR) is 90.1 cm³/mol. The minimum Gasteiger partial charge on any atom is -0.397 e. The summed E-state index contributed by atoms with van der Waals surface area (Å²) in [7, 11) is 0. The minimum absolute atomic E-state index is 0.183. The second-order valence-corrected chi connectivity index (χ2v) is 6.14. The number of amides is 1. The topological polar surface area (TPSA) is 97.8 Å². The van der Waals surface area contributed by atoms with E-state index >= 15 is 0 Å². The summed E-state index contributed by atoms with van der Waals surface area (Å²) >= 11 is 0. The highest BCUT2D eigenvalue weighted by Crippen LogP contribution is 2.38. The summed E-state index contributed by atoms with van der Waals surface area (Å²) in [6.07, 6.45) is 4.00. The van der Waals surface area contributed by atoms with Crippen molar-refractivity contribution in [2.45, 2.75) is 25.7 Å². The van der Waals surface area contributed by atoms with Crippen LogP contribution in [0.3, 0.4) is 0 Å². The Hall–Kier alpha value is -2.57. The highest BCUT2D eigenvalue weighted by Gasteiger charge is 2.41. The fourth-order valence-electron chi connectivity index (χ4n) is 3.43. The number of hydrogen-bond acceptors (Lipinski definition) is 5. The molecule has 3 heterocycles. The molecule has 3 aliphatic rings. The van der Waals surface area contributed by atoms with Gasteiger partial charge in [-0.15, -0.1) is 0 Å². The van der Waals surface area contributed by atoms with Crippen LogP contribution in [-0.2, 0) is 11.2 Å². The zero-order valence-corrected chi connectivity index (χ0v) is 12.9. The van der Waals surface area contributed by atoms with Crippen LogP contribution < -0.4 is 11.1 Å². The Morgan fingerprint density at radius 1 is 1.17 bits per heavy atom. The Labute approximate surface area is 134 Å². The summed E-state index contributed by atoms with van der Waals surface area (Å²) in [6, 6.07) is 3.84. The summed E-state index contributed by atoms with van der Waals surface area (Å²) in [4.78, 5) is 17.1. The van der Waals surface area contributed by atoms with Crippen molar-refractivity contribution in [2.24, 2.45) is 4.99 Å². The number of carbonyl (C=O) groups excluding carboxylic acids is 1. The first kappa shape index (κ1) is 14.0. The number of rotatable bonds is 1. The van der Waals surface area contributed by atoms with Crippen LogP contribution in [0.15, 0.2) is 17.1 Å². The van der Waals surface area contributed by atoms with Gasteiger partial charge in [0.1, 0.15) is 5.69 Å². The van der Waals surface area contributed by atoms with E-state index in [4.69, 9.17) is 11.1 Å². The van der Waals surface area contributed by atoms with Gasteiger partial charge in [-0.3, -0.25) is 15.2 Å². The van der Waals surface area contributed by atoms with Crippen molar-refractivity contribution >= 4 is 34.5 Å². The van der Waals surface area contributed by atoms with Crippen molar-refractivity contribution in [3.05, 3.63) is 17.7 Å². The van der Waals surface area contributed by atoms with E-state index in [9.17, 15) is 4.79 Å². The molecule has 120 valence electrons. The molecule has 0 aliphatic carbocycles. The van der Waals surface area contributed by atoms with E-state index in [0.717, 1.165) is 37.9 Å². The molecule has 2 fully saturated rings. The number of benzene rings is 1. The molecule has 1 aromatic carbocycles. The van der Waals surface area contributed by atoms with Gasteiger partial charge in [-0.2, -0.15) is 0 Å². The van der Waals surface area contributed by atoms with Crippen LogP contribution >= 0.6 is 0 Å². The average molecular weight is 312 g/mol. The predicted octanol–water partition coefficient (Wildman–Crippen LogP) is 1.53. The van der Waals surface area contributed by atoms with Crippen LogP contribution in [-0.4, -0.2) is 47.1 Å². The van der Waals surface area contributed by atoms with Crippen molar-refractivity contribution in [1.82, 2.24) is 10.0 Å². The van der Waals surface area contributed by atoms with Crippen LogP contribution in [0.4, 0.5) is 17.1 Å². The van der Waals surface area contributed by atoms with Gasteiger partial charge in [0.05, 0.1) is 11.4 Å². The lowest BCUT2D eigenvalue weighted by Gasteiger charge is -2.32. The molecule has 0 bridgehead atoms. The maximum Gasteiger partial charge on any atom is 0.294 e. The number of amidine groups is 1. The molecule has 0 radical (unpaired) electrons. The van der Waals surface area contributed by atoms with Gasteiger partial charge >= 0.3 is 0 Å². The summed E-state index contributed by atoms with van der Waals surface area (Å²) in [6.45, 7) is 2.23. The molecule has 1 amide bonds. The Kier molecular flexibility index (Phi) is 3.21. The molecule has 2 saturated heterocycles. The maximum absolute atomic E-state index is 12.6. The Morgan fingerprint density at radius 2 is 1.96 bits per heavy atom. The van der Waals surface area contributed by atoms with Crippen LogP contribution in [0.25, 0.3) is 0 Å². The van der Waals surface area contributed by atoms with Crippen LogP contribution in [0, 0.1) is 5.41 Å². The third kappa shape index (κ3) is 2.15. The Bertz CT molecular complexity index is 700. The number of anilines is 2. The number of carbonyl (C=O) groups is 1. The zero-order chi connectivity index (χ0) is 16.0. The third-order valence-electron chi connectivity index (χ3n) is 4.64. The number of aryl methyl sites for hydroxylation is 1. The number of hydrogen-bond donors (Lipinski definition) is 3. The number of nitrogens with two attached hydrogens (primary N) is 1. The first-order valence-electron chi connectivity index (χ1n) is 8.09. The Balaban J connectivity index is 1.79. The summed E-state index contributed by atoms with van der Waals surface area (Å²) in [5.74, 6) is -0.00924. The number of aliphatic imine (C=N–C) groups is 1. The molecule has 0 atom stereocenters. The molecule has 4 N–H and O–H groups in total. The third-order valence-corrected chi connectivity index (χ3v) is 4.64. The van der Waals surface area contributed by atoms with Gasteiger partial charge in [0.25, 0.3) is 5.91 Å². The highest BCUT2D eigenvalue weighted by molar-refractivity contribution is 6.68. The van der Waals surface area contributed by atoms with Crippen LogP contribution in [0.5, 0.6) is 0 Å². The monoisotopic (exact) mass is 312 g/mol. The molecule has 0 unspecified atom stereocenters. The van der Waals surface area contributed by atoms with Crippen LogP contribution in [0.2, 0.25) is 0 Å². The first-order chi connectivity index (χ1) is 11.2. The molecule has 3 aliphatic heterocycles. The maximum atomic E-state index is 12.6. The lowest BCUT2D eigenvalue weighted by Crippen LogP contribution is -2.45. The van der Waals surface area contributed by atoms with Crippen molar-refractivity contribution in [1.29, 1.82) is 5.41 Å². The molecular weight excluding hydrogens is 292 g/mol. The van der Waals surface area contributed by atoms with Crippen molar-refractivity contribution in [3.63, 3.8) is 0 Å². The van der Waals surface area contributed by atoms with E-state index in [2.05, 4.69) is 10.3 Å². The Morgan fingerprint density at radius 3 is 2.74 bits per heavy atom. The second-order valence-electron chi connectivity index (χ2n) is 6.14. The van der Waals surface area contributed by atoms with E-state index in [0.29, 0.717) is 24.5 Å². The van der Waals surface area contributed by atoms with Crippen molar-refractivity contribution < 1.29 is 4.79 Å². The van der Waals surface area contributed by atoms with E-state index in [1.54, 1.807) is 10.0 Å². The highest BCUT2D eigenvalue weighted by atomic mass is 16.2. The standard InChI is InChI=1S/C16H20N6O/c17-11-6-5-10-4-3-7-19-12(10)13(11)20-14-15(18)21-8-1-2-9-22(21)16(14)23/h5-6,18-19H,1-4,7-9,17H2. The lowest BCUT2D eigenvalue weighted by atomic mass is 10.0. The van der Waals surface area contributed by atoms with Gasteiger partial charge in [-0.1, -0.05) is 6.07 Å². The molecule has 0 spiro atoms. The molecule has 7 heteroatoms. The van der Waals surface area contributed by atoms with Crippen LogP contribution in [0.1, 0.15) is 24.8 Å². The molecular formula is C16H20N6O. The fraction of sp³-hybridized carbons (Fsp3) is 0.438. The summed E-state index contributed by atoms with van der Waals surface area (Å²) in [5, 5.41) is 15.0. The van der Waals surface area contributed by atoms with Gasteiger partial charge < -0.3 is 11.1 Å². The number of nitrogen functional groups attached to an aromatic ring is 1. The van der Waals surface area contributed by atoms with Gasteiger partial charge in [0.15, 0.2) is 11.5 Å². The number of fused-ring (bicyclic) bond motifs is 2. The number of hydrazine groups is 1. The number of nitrogens with one attached hydrogen (secondary N) is 2. The zero-order valence-electron chi connectivity index (χ0n) is 12.9. The summed E-state index contributed by atoms with van der Waals surface area (Å²) < 4.78 is 0. The largest absolute Gasteiger partial charge is 0.397 e. The first-order valence-corrected chi connectivity index (χ1v) is 8.09. The number of nitrogens with zero attached hydrogens (tertiary/aromatic N) is 3. The van der Waals surface area contributed by atoms with Gasteiger partial charge in [-0.25, -0.2) is 10.0 Å². The minimum atomic E-state index is -0.192. The van der Waals surface area contributed by atoms with Crippen molar-refractivity contribution in [3.8, 4) is 0 Å². The van der Waals surface area contributed by atoms with Crippen molar-refractivity contribution in [2.75, 3.05) is 30.7 Å². The molecule has 0 saturated carbocycles. The smallest absolute Gasteiger partial charge is 0.294 e. The van der Waals surface area contributed by atoms with E-state index in [-0.39, 0.29) is 17.5 Å². The van der Waals surface area contributed by atoms with Gasteiger partial charge in [0.2, 0.25) is 0 Å². The molecule has 23 heavy (non-hydrogen) atoms. The lowest BCUT2D eigenvalue weighted by molar-refractivity contribution is -0.134. The van der Waals surface area contributed by atoms with Gasteiger partial charge in [0, 0.05) is 19.6 Å².